The average Bonchev–Trinajstić information content (AvgIpc) is 3.13. The van der Waals surface area contributed by atoms with Crippen molar-refractivity contribution in [3.05, 3.63) is 42.4 Å². The fourth-order valence-corrected chi connectivity index (χ4v) is 3.66. The van der Waals surface area contributed by atoms with Gasteiger partial charge in [-0.25, -0.2) is 0 Å². The number of rotatable bonds is 2. The van der Waals surface area contributed by atoms with E-state index in [-0.39, 0.29) is 11.9 Å². The van der Waals surface area contributed by atoms with E-state index in [4.69, 9.17) is 0 Å². The van der Waals surface area contributed by atoms with Gasteiger partial charge in [0.25, 0.3) is 5.91 Å². The predicted octanol–water partition coefficient (Wildman–Crippen LogP) is 2.90. The molecular weight excluding hydrogens is 236 g/mol. The van der Waals surface area contributed by atoms with E-state index in [0.29, 0.717) is 5.92 Å². The maximum atomic E-state index is 12.4. The Labute approximate surface area is 112 Å². The number of para-hydroxylation sites is 1. The summed E-state index contributed by atoms with van der Waals surface area (Å²) in [7, 11) is 0. The van der Waals surface area contributed by atoms with E-state index in [2.05, 4.69) is 16.7 Å². The van der Waals surface area contributed by atoms with E-state index in [1.165, 1.54) is 19.3 Å². The quantitative estimate of drug-likeness (QED) is 0.849. The first-order valence-corrected chi connectivity index (χ1v) is 7.03. The van der Waals surface area contributed by atoms with Crippen LogP contribution < -0.4 is 5.32 Å². The molecule has 2 unspecified atom stereocenters. The summed E-state index contributed by atoms with van der Waals surface area (Å²) in [5, 5.41) is 4.19. The molecule has 2 saturated carbocycles. The number of nitrogens with one attached hydrogen (secondary N) is 2. The first kappa shape index (κ1) is 11.1. The van der Waals surface area contributed by atoms with Crippen LogP contribution in [0.5, 0.6) is 0 Å². The molecular formula is C16H17N2O. The van der Waals surface area contributed by atoms with Gasteiger partial charge in [-0.2, -0.15) is 0 Å². The van der Waals surface area contributed by atoms with Gasteiger partial charge in [0.1, 0.15) is 0 Å². The molecule has 1 aromatic carbocycles. The lowest BCUT2D eigenvalue weighted by atomic mass is 9.95. The number of carbonyl (C=O) groups excluding carboxylic acids is 1. The lowest BCUT2D eigenvalue weighted by molar-refractivity contribution is 0.0934. The summed E-state index contributed by atoms with van der Waals surface area (Å²) in [6.45, 7) is 0. The van der Waals surface area contributed by atoms with Gasteiger partial charge in [0, 0.05) is 23.1 Å². The van der Waals surface area contributed by atoms with Crippen LogP contribution in [-0.4, -0.2) is 16.9 Å². The van der Waals surface area contributed by atoms with E-state index in [9.17, 15) is 4.79 Å². The molecule has 1 radical (unpaired) electrons. The number of fused-ring (bicyclic) bond motifs is 3. The Morgan fingerprint density at radius 1 is 1.26 bits per heavy atom. The third kappa shape index (κ3) is 1.76. The minimum Gasteiger partial charge on any atom is -0.360 e. The summed E-state index contributed by atoms with van der Waals surface area (Å²) in [6.07, 6.45) is 7.98. The summed E-state index contributed by atoms with van der Waals surface area (Å²) >= 11 is 0. The van der Waals surface area contributed by atoms with Crippen LogP contribution in [0.4, 0.5) is 0 Å². The smallest absolute Gasteiger partial charge is 0.253 e. The Morgan fingerprint density at radius 3 is 2.95 bits per heavy atom. The molecule has 0 saturated heterocycles. The molecule has 1 aromatic heterocycles. The third-order valence-corrected chi connectivity index (χ3v) is 4.63. The molecule has 19 heavy (non-hydrogen) atoms. The van der Waals surface area contributed by atoms with Crippen LogP contribution in [-0.2, 0) is 0 Å². The number of aromatic amines is 1. The number of hydrogen-bond donors (Lipinski definition) is 2. The van der Waals surface area contributed by atoms with Gasteiger partial charge in [-0.15, -0.1) is 0 Å². The Morgan fingerprint density at radius 2 is 2.16 bits per heavy atom. The lowest BCUT2D eigenvalue weighted by Gasteiger charge is -2.22. The average molecular weight is 253 g/mol. The van der Waals surface area contributed by atoms with Gasteiger partial charge in [-0.1, -0.05) is 18.2 Å². The zero-order chi connectivity index (χ0) is 12.8. The molecule has 2 aromatic rings. The molecule has 3 atom stereocenters. The summed E-state index contributed by atoms with van der Waals surface area (Å²) in [4.78, 5) is 15.6. The van der Waals surface area contributed by atoms with Gasteiger partial charge < -0.3 is 10.3 Å². The zero-order valence-corrected chi connectivity index (χ0v) is 10.7. The number of amides is 1. The van der Waals surface area contributed by atoms with Crippen LogP contribution in [0.25, 0.3) is 10.9 Å². The molecule has 2 fully saturated rings. The van der Waals surface area contributed by atoms with E-state index < -0.39 is 0 Å². The minimum absolute atomic E-state index is 0.0475. The summed E-state index contributed by atoms with van der Waals surface area (Å²) in [5.41, 5.74) is 1.77. The van der Waals surface area contributed by atoms with Crippen LogP contribution >= 0.6 is 0 Å². The molecule has 3 nitrogen and oxygen atoms in total. The molecule has 1 heterocycles. The normalized spacial score (nSPS) is 28.9. The van der Waals surface area contributed by atoms with E-state index in [1.54, 1.807) is 0 Å². The van der Waals surface area contributed by atoms with Crippen molar-refractivity contribution >= 4 is 16.8 Å². The van der Waals surface area contributed by atoms with E-state index in [1.807, 2.05) is 30.5 Å². The standard InChI is InChI=1S/C16H17N2O/c19-16(18-15-8-10-5-6-11(15)7-10)13-9-17-14-4-2-1-3-12(13)14/h1-4,8-11,15,17H,5-7H2,(H,18,19)/t10?,11?,15-/m0/s1. The van der Waals surface area contributed by atoms with Crippen molar-refractivity contribution in [1.29, 1.82) is 0 Å². The van der Waals surface area contributed by atoms with Crippen LogP contribution in [0.15, 0.2) is 30.5 Å². The molecule has 3 heteroatoms. The third-order valence-electron chi connectivity index (χ3n) is 4.63. The molecule has 2 aliphatic rings. The Kier molecular flexibility index (Phi) is 2.40. The lowest BCUT2D eigenvalue weighted by Crippen LogP contribution is -2.38. The van der Waals surface area contributed by atoms with Crippen molar-refractivity contribution in [2.24, 2.45) is 11.8 Å². The fourth-order valence-electron chi connectivity index (χ4n) is 3.66. The van der Waals surface area contributed by atoms with Gasteiger partial charge in [0.15, 0.2) is 0 Å². The minimum atomic E-state index is 0.0475. The van der Waals surface area contributed by atoms with Gasteiger partial charge in [0.2, 0.25) is 0 Å². The van der Waals surface area contributed by atoms with Crippen LogP contribution in [0.3, 0.4) is 0 Å². The van der Waals surface area contributed by atoms with Crippen LogP contribution in [0, 0.1) is 18.3 Å². The highest BCUT2D eigenvalue weighted by Gasteiger charge is 2.40. The van der Waals surface area contributed by atoms with Crippen molar-refractivity contribution < 1.29 is 4.79 Å². The van der Waals surface area contributed by atoms with Gasteiger partial charge in [-0.05, 0) is 43.6 Å². The number of H-pyrrole nitrogens is 1. The van der Waals surface area contributed by atoms with Crippen LogP contribution in [0.2, 0.25) is 0 Å². The van der Waals surface area contributed by atoms with Crippen molar-refractivity contribution in [2.75, 3.05) is 0 Å². The zero-order valence-electron chi connectivity index (χ0n) is 10.7. The number of benzene rings is 1. The molecule has 2 bridgehead atoms. The van der Waals surface area contributed by atoms with Gasteiger partial charge in [0.05, 0.1) is 5.56 Å². The molecule has 2 N–H and O–H groups in total. The number of hydrogen-bond acceptors (Lipinski definition) is 1. The van der Waals surface area contributed by atoms with Gasteiger partial charge in [-0.3, -0.25) is 4.79 Å². The van der Waals surface area contributed by atoms with Crippen molar-refractivity contribution in [3.63, 3.8) is 0 Å². The number of aromatic nitrogens is 1. The monoisotopic (exact) mass is 253 g/mol. The fraction of sp³-hybridized carbons (Fsp3) is 0.375. The Bertz CT molecular complexity index is 630. The second-order valence-corrected chi connectivity index (χ2v) is 5.77. The molecule has 97 valence electrons. The summed E-state index contributed by atoms with van der Waals surface area (Å²) in [6, 6.07) is 8.21. The Hall–Kier alpha value is -1.77. The number of carbonyl (C=O) groups is 1. The van der Waals surface area contributed by atoms with Crippen molar-refractivity contribution in [1.82, 2.24) is 10.3 Å². The molecule has 0 aliphatic heterocycles. The molecule has 4 rings (SSSR count). The summed E-state index contributed by atoms with van der Waals surface area (Å²) < 4.78 is 0. The van der Waals surface area contributed by atoms with Crippen molar-refractivity contribution in [2.45, 2.75) is 25.3 Å². The molecule has 2 aliphatic carbocycles. The van der Waals surface area contributed by atoms with Crippen LogP contribution in [0.1, 0.15) is 29.6 Å². The SMILES string of the molecule is O=C(N[C@H]1[CH]C2CCC1C2)c1c[nH]c2ccccc12. The first-order valence-electron chi connectivity index (χ1n) is 7.03. The maximum absolute atomic E-state index is 12.4. The first-order chi connectivity index (χ1) is 9.31. The topological polar surface area (TPSA) is 44.9 Å². The second-order valence-electron chi connectivity index (χ2n) is 5.77. The highest BCUT2D eigenvalue weighted by Crippen LogP contribution is 2.43. The largest absolute Gasteiger partial charge is 0.360 e. The molecule has 0 spiro atoms. The maximum Gasteiger partial charge on any atom is 0.253 e. The van der Waals surface area contributed by atoms with E-state index >= 15 is 0 Å². The molecule has 1 amide bonds. The summed E-state index contributed by atoms with van der Waals surface area (Å²) in [5.74, 6) is 1.45. The van der Waals surface area contributed by atoms with Crippen molar-refractivity contribution in [3.8, 4) is 0 Å². The highest BCUT2D eigenvalue weighted by atomic mass is 16.1. The Balaban J connectivity index is 1.57. The highest BCUT2D eigenvalue weighted by molar-refractivity contribution is 6.06. The van der Waals surface area contributed by atoms with Gasteiger partial charge >= 0.3 is 0 Å². The second kappa shape index (κ2) is 4.12. The predicted molar refractivity (Wildman–Crippen MR) is 74.7 cm³/mol. The van der Waals surface area contributed by atoms with E-state index in [0.717, 1.165) is 22.4 Å².